The fraction of sp³-hybridized carbons (Fsp3) is 0.500. The van der Waals surface area contributed by atoms with Crippen molar-refractivity contribution >= 4 is 28.3 Å². The summed E-state index contributed by atoms with van der Waals surface area (Å²) in [6.07, 6.45) is 0.220. The molecule has 1 aromatic heterocycles. The number of ether oxygens (including phenoxy) is 1. The molecule has 94 valence electrons. The smallest absolute Gasteiger partial charge is 0.306 e. The SMILES string of the molecule is CCOC(=O)CCC(=O)NCc1csc(N)n1. The summed E-state index contributed by atoms with van der Waals surface area (Å²) in [6.45, 7) is 2.39. The van der Waals surface area contributed by atoms with E-state index in [-0.39, 0.29) is 24.7 Å². The van der Waals surface area contributed by atoms with Gasteiger partial charge in [-0.2, -0.15) is 0 Å². The van der Waals surface area contributed by atoms with Crippen LogP contribution in [0.5, 0.6) is 0 Å². The quantitative estimate of drug-likeness (QED) is 0.731. The third kappa shape index (κ3) is 5.30. The maximum absolute atomic E-state index is 11.4. The highest BCUT2D eigenvalue weighted by atomic mass is 32.1. The number of esters is 1. The molecule has 0 unspecified atom stereocenters. The van der Waals surface area contributed by atoms with E-state index in [0.29, 0.717) is 18.3 Å². The first-order valence-corrected chi connectivity index (χ1v) is 6.12. The fourth-order valence-corrected chi connectivity index (χ4v) is 1.69. The second-order valence-corrected chi connectivity index (χ2v) is 4.15. The predicted octanol–water partition coefficient (Wildman–Crippen LogP) is 0.685. The van der Waals surface area contributed by atoms with E-state index >= 15 is 0 Å². The Kier molecular flexibility index (Phi) is 5.41. The fourth-order valence-electron chi connectivity index (χ4n) is 1.13. The summed E-state index contributed by atoms with van der Waals surface area (Å²) in [7, 11) is 0. The van der Waals surface area contributed by atoms with Crippen LogP contribution in [0.2, 0.25) is 0 Å². The summed E-state index contributed by atoms with van der Waals surface area (Å²) in [5.41, 5.74) is 6.17. The van der Waals surface area contributed by atoms with Crippen LogP contribution in [0.1, 0.15) is 25.5 Å². The summed E-state index contributed by atoms with van der Waals surface area (Å²) in [5.74, 6) is -0.565. The van der Waals surface area contributed by atoms with Crippen molar-refractivity contribution in [2.75, 3.05) is 12.3 Å². The Hall–Kier alpha value is -1.63. The van der Waals surface area contributed by atoms with E-state index in [9.17, 15) is 9.59 Å². The number of carbonyl (C=O) groups excluding carboxylic acids is 2. The number of nitrogens with one attached hydrogen (secondary N) is 1. The van der Waals surface area contributed by atoms with Crippen LogP contribution in [0.25, 0.3) is 0 Å². The zero-order valence-corrected chi connectivity index (χ0v) is 10.4. The van der Waals surface area contributed by atoms with Crippen molar-refractivity contribution in [3.05, 3.63) is 11.1 Å². The van der Waals surface area contributed by atoms with Gasteiger partial charge in [0.2, 0.25) is 5.91 Å². The van der Waals surface area contributed by atoms with Crippen LogP contribution < -0.4 is 11.1 Å². The van der Waals surface area contributed by atoms with Crippen LogP contribution in [0.15, 0.2) is 5.38 Å². The second kappa shape index (κ2) is 6.85. The highest BCUT2D eigenvalue weighted by molar-refractivity contribution is 7.13. The first-order chi connectivity index (χ1) is 8.11. The Morgan fingerprint density at radius 2 is 2.29 bits per heavy atom. The number of nitrogen functional groups attached to an aromatic ring is 1. The van der Waals surface area contributed by atoms with Gasteiger partial charge in [-0.3, -0.25) is 9.59 Å². The zero-order chi connectivity index (χ0) is 12.7. The van der Waals surface area contributed by atoms with E-state index in [1.165, 1.54) is 11.3 Å². The van der Waals surface area contributed by atoms with Crippen LogP contribution in [-0.4, -0.2) is 23.5 Å². The molecule has 0 bridgehead atoms. The maximum Gasteiger partial charge on any atom is 0.306 e. The first-order valence-electron chi connectivity index (χ1n) is 5.24. The van der Waals surface area contributed by atoms with Gasteiger partial charge in [0.05, 0.1) is 25.3 Å². The average molecular weight is 257 g/mol. The minimum Gasteiger partial charge on any atom is -0.466 e. The number of anilines is 1. The summed E-state index contributed by atoms with van der Waals surface area (Å²) < 4.78 is 4.71. The molecule has 0 aliphatic rings. The molecule has 1 aromatic rings. The molecule has 0 saturated carbocycles. The molecular formula is C10H15N3O3S. The summed E-state index contributed by atoms with van der Waals surface area (Å²) >= 11 is 1.32. The maximum atomic E-state index is 11.4. The highest BCUT2D eigenvalue weighted by Crippen LogP contribution is 2.10. The van der Waals surface area contributed by atoms with Crippen LogP contribution in [-0.2, 0) is 20.9 Å². The monoisotopic (exact) mass is 257 g/mol. The standard InChI is InChI=1S/C10H15N3O3S/c1-2-16-9(15)4-3-8(14)12-5-7-6-17-10(11)13-7/h6H,2-5H2,1H3,(H2,11,13)(H,12,14). The molecule has 6 nitrogen and oxygen atoms in total. The Morgan fingerprint density at radius 3 is 2.88 bits per heavy atom. The van der Waals surface area contributed by atoms with Gasteiger partial charge in [-0.05, 0) is 6.92 Å². The molecule has 1 rings (SSSR count). The molecule has 17 heavy (non-hydrogen) atoms. The van der Waals surface area contributed by atoms with Crippen molar-refractivity contribution in [1.82, 2.24) is 10.3 Å². The van der Waals surface area contributed by atoms with Crippen molar-refractivity contribution in [1.29, 1.82) is 0 Å². The Bertz CT molecular complexity index is 392. The number of carbonyl (C=O) groups is 2. The molecular weight excluding hydrogens is 242 g/mol. The number of amides is 1. The van der Waals surface area contributed by atoms with Crippen molar-refractivity contribution in [3.8, 4) is 0 Å². The minimum atomic E-state index is -0.361. The molecule has 0 aliphatic carbocycles. The molecule has 0 aromatic carbocycles. The van der Waals surface area contributed by atoms with Crippen molar-refractivity contribution in [3.63, 3.8) is 0 Å². The lowest BCUT2D eigenvalue weighted by Crippen LogP contribution is -2.23. The normalized spacial score (nSPS) is 9.94. The lowest BCUT2D eigenvalue weighted by atomic mass is 10.3. The van der Waals surface area contributed by atoms with Crippen LogP contribution in [0, 0.1) is 0 Å². The largest absolute Gasteiger partial charge is 0.466 e. The van der Waals surface area contributed by atoms with Gasteiger partial charge in [-0.25, -0.2) is 4.98 Å². The van der Waals surface area contributed by atoms with Gasteiger partial charge in [-0.15, -0.1) is 11.3 Å². The number of nitrogens with zero attached hydrogens (tertiary/aromatic N) is 1. The van der Waals surface area contributed by atoms with Gasteiger partial charge in [0.25, 0.3) is 0 Å². The van der Waals surface area contributed by atoms with E-state index in [2.05, 4.69) is 10.3 Å². The summed E-state index contributed by atoms with van der Waals surface area (Å²) in [5, 5.41) is 4.90. The second-order valence-electron chi connectivity index (χ2n) is 3.26. The van der Waals surface area contributed by atoms with Gasteiger partial charge >= 0.3 is 5.97 Å². The molecule has 0 fully saturated rings. The van der Waals surface area contributed by atoms with Gasteiger partial charge in [0.15, 0.2) is 5.13 Å². The lowest BCUT2D eigenvalue weighted by molar-refractivity contribution is -0.144. The third-order valence-corrected chi connectivity index (χ3v) is 2.62. The molecule has 0 atom stereocenters. The Balaban J connectivity index is 2.19. The van der Waals surface area contributed by atoms with E-state index in [1.54, 1.807) is 12.3 Å². The predicted molar refractivity (Wildman–Crippen MR) is 64.2 cm³/mol. The van der Waals surface area contributed by atoms with E-state index in [4.69, 9.17) is 10.5 Å². The van der Waals surface area contributed by atoms with Crippen LogP contribution in [0.4, 0.5) is 5.13 Å². The zero-order valence-electron chi connectivity index (χ0n) is 9.56. The number of hydrogen-bond acceptors (Lipinski definition) is 6. The van der Waals surface area contributed by atoms with Crippen LogP contribution in [0.3, 0.4) is 0 Å². The molecule has 0 radical (unpaired) electrons. The number of hydrogen-bond donors (Lipinski definition) is 2. The minimum absolute atomic E-state index is 0.0961. The summed E-state index contributed by atoms with van der Waals surface area (Å²) in [6, 6.07) is 0. The molecule has 1 heterocycles. The van der Waals surface area contributed by atoms with Gasteiger partial charge in [0, 0.05) is 11.8 Å². The van der Waals surface area contributed by atoms with Gasteiger partial charge in [0.1, 0.15) is 0 Å². The first kappa shape index (κ1) is 13.4. The van der Waals surface area contributed by atoms with Gasteiger partial charge < -0.3 is 15.8 Å². The van der Waals surface area contributed by atoms with Crippen molar-refractivity contribution in [2.45, 2.75) is 26.3 Å². The Morgan fingerprint density at radius 1 is 1.53 bits per heavy atom. The molecule has 0 aliphatic heterocycles. The molecule has 1 amide bonds. The topological polar surface area (TPSA) is 94.3 Å². The van der Waals surface area contributed by atoms with Crippen LogP contribution >= 0.6 is 11.3 Å². The van der Waals surface area contributed by atoms with Gasteiger partial charge in [-0.1, -0.05) is 0 Å². The van der Waals surface area contributed by atoms with Crippen molar-refractivity contribution in [2.24, 2.45) is 0 Å². The number of aromatic nitrogens is 1. The Labute approximate surface area is 103 Å². The van der Waals surface area contributed by atoms with E-state index < -0.39 is 0 Å². The third-order valence-electron chi connectivity index (χ3n) is 1.90. The molecule has 3 N–H and O–H groups in total. The lowest BCUT2D eigenvalue weighted by Gasteiger charge is -2.03. The average Bonchev–Trinajstić information content (AvgIpc) is 2.70. The number of nitrogens with two attached hydrogens (primary N) is 1. The summed E-state index contributed by atoms with van der Waals surface area (Å²) in [4.78, 5) is 26.4. The van der Waals surface area contributed by atoms with E-state index in [0.717, 1.165) is 5.69 Å². The molecule has 7 heteroatoms. The number of rotatable bonds is 6. The molecule has 0 spiro atoms. The molecule has 0 saturated heterocycles. The van der Waals surface area contributed by atoms with E-state index in [1.807, 2.05) is 0 Å². The van der Waals surface area contributed by atoms with Crippen molar-refractivity contribution < 1.29 is 14.3 Å². The highest BCUT2D eigenvalue weighted by Gasteiger charge is 2.07. The number of thiazole rings is 1.